The number of hydrogen-bond acceptors (Lipinski definition) is 5. The van der Waals surface area contributed by atoms with E-state index in [1.165, 1.54) is 0 Å². The van der Waals surface area contributed by atoms with Crippen LogP contribution in [0.3, 0.4) is 0 Å². The van der Waals surface area contributed by atoms with Gasteiger partial charge in [0.1, 0.15) is 5.76 Å². The number of nitrogens with one attached hydrogen (secondary N) is 1. The third-order valence-electron chi connectivity index (χ3n) is 4.23. The molecule has 0 unspecified atom stereocenters. The molecule has 0 aliphatic carbocycles. The van der Waals surface area contributed by atoms with E-state index in [0.29, 0.717) is 23.1 Å². The monoisotopic (exact) mass is 366 g/mol. The summed E-state index contributed by atoms with van der Waals surface area (Å²) in [5.41, 5.74) is 3.19. The molecule has 2 aromatic carbocycles. The van der Waals surface area contributed by atoms with Gasteiger partial charge in [-0.15, -0.1) is 0 Å². The van der Waals surface area contributed by atoms with Crippen molar-refractivity contribution in [2.45, 2.75) is 20.3 Å². The number of amides is 1. The van der Waals surface area contributed by atoms with Crippen molar-refractivity contribution < 1.29 is 18.7 Å². The zero-order valence-corrected chi connectivity index (χ0v) is 15.8. The summed E-state index contributed by atoms with van der Waals surface area (Å²) in [7, 11) is 3.15. The maximum atomic E-state index is 12.4. The number of anilines is 1. The first-order valence-corrected chi connectivity index (χ1v) is 8.55. The van der Waals surface area contributed by atoms with E-state index in [1.807, 2.05) is 44.2 Å². The van der Waals surface area contributed by atoms with Crippen molar-refractivity contribution >= 4 is 11.6 Å². The van der Waals surface area contributed by atoms with E-state index in [-0.39, 0.29) is 12.3 Å². The minimum Gasteiger partial charge on any atom is -0.493 e. The minimum absolute atomic E-state index is 0.126. The smallest absolute Gasteiger partial charge is 0.228 e. The van der Waals surface area contributed by atoms with Crippen LogP contribution in [0.1, 0.15) is 17.0 Å². The Labute approximate surface area is 158 Å². The van der Waals surface area contributed by atoms with Crippen LogP contribution in [0.15, 0.2) is 46.9 Å². The van der Waals surface area contributed by atoms with Gasteiger partial charge >= 0.3 is 0 Å². The highest BCUT2D eigenvalue weighted by Crippen LogP contribution is 2.28. The number of oxazole rings is 1. The van der Waals surface area contributed by atoms with Crippen molar-refractivity contribution in [3.8, 4) is 23.0 Å². The molecule has 0 saturated heterocycles. The quantitative estimate of drug-likeness (QED) is 0.709. The van der Waals surface area contributed by atoms with Crippen molar-refractivity contribution in [2.75, 3.05) is 19.5 Å². The van der Waals surface area contributed by atoms with E-state index in [4.69, 9.17) is 13.9 Å². The van der Waals surface area contributed by atoms with Crippen molar-refractivity contribution in [3.05, 3.63) is 59.5 Å². The van der Waals surface area contributed by atoms with Gasteiger partial charge in [-0.25, -0.2) is 4.98 Å². The van der Waals surface area contributed by atoms with Crippen LogP contribution in [0.5, 0.6) is 11.5 Å². The average molecular weight is 366 g/mol. The Hall–Kier alpha value is -3.28. The number of carbonyl (C=O) groups excluding carboxylic acids is 1. The van der Waals surface area contributed by atoms with Crippen LogP contribution in [0, 0.1) is 13.8 Å². The van der Waals surface area contributed by atoms with Crippen molar-refractivity contribution in [1.29, 1.82) is 0 Å². The lowest BCUT2D eigenvalue weighted by Gasteiger charge is -2.10. The standard InChI is InChI=1S/C21H22N2O4/c1-13-14(2)27-21(22-13)16-6-5-7-17(12-16)23-20(24)11-15-8-9-18(25-3)19(10-15)26-4/h5-10,12H,11H2,1-4H3,(H,23,24). The van der Waals surface area contributed by atoms with Crippen LogP contribution in [0.2, 0.25) is 0 Å². The second kappa shape index (κ2) is 7.95. The average Bonchev–Trinajstić information content (AvgIpc) is 3.00. The summed E-state index contributed by atoms with van der Waals surface area (Å²) in [5, 5.41) is 2.91. The van der Waals surface area contributed by atoms with Gasteiger partial charge in [0, 0.05) is 11.3 Å². The predicted molar refractivity (Wildman–Crippen MR) is 103 cm³/mol. The second-order valence-electron chi connectivity index (χ2n) is 6.16. The van der Waals surface area contributed by atoms with E-state index in [2.05, 4.69) is 10.3 Å². The van der Waals surface area contributed by atoms with Gasteiger partial charge < -0.3 is 19.2 Å². The molecule has 0 saturated carbocycles. The minimum atomic E-state index is -0.126. The molecule has 6 nitrogen and oxygen atoms in total. The van der Waals surface area contributed by atoms with E-state index in [1.54, 1.807) is 26.4 Å². The zero-order valence-electron chi connectivity index (χ0n) is 15.8. The molecule has 140 valence electrons. The highest BCUT2D eigenvalue weighted by atomic mass is 16.5. The third-order valence-corrected chi connectivity index (χ3v) is 4.23. The van der Waals surface area contributed by atoms with Crippen LogP contribution >= 0.6 is 0 Å². The summed E-state index contributed by atoms with van der Waals surface area (Å²) >= 11 is 0. The van der Waals surface area contributed by atoms with Crippen molar-refractivity contribution in [2.24, 2.45) is 0 Å². The highest BCUT2D eigenvalue weighted by Gasteiger charge is 2.11. The molecule has 0 radical (unpaired) electrons. The normalized spacial score (nSPS) is 10.5. The second-order valence-corrected chi connectivity index (χ2v) is 6.16. The molecule has 3 aromatic rings. The van der Waals surface area contributed by atoms with Crippen LogP contribution in [0.4, 0.5) is 5.69 Å². The summed E-state index contributed by atoms with van der Waals surface area (Å²) in [6.07, 6.45) is 0.224. The number of hydrogen-bond donors (Lipinski definition) is 1. The van der Waals surface area contributed by atoms with E-state index in [9.17, 15) is 4.79 Å². The van der Waals surface area contributed by atoms with Crippen LogP contribution in [-0.4, -0.2) is 25.1 Å². The Morgan fingerprint density at radius 3 is 2.52 bits per heavy atom. The van der Waals surface area contributed by atoms with Gasteiger partial charge in [0.2, 0.25) is 11.8 Å². The fraction of sp³-hybridized carbons (Fsp3) is 0.238. The Balaban J connectivity index is 1.72. The Bertz CT molecular complexity index is 943. The predicted octanol–water partition coefficient (Wildman–Crippen LogP) is 4.16. The number of methoxy groups -OCH3 is 2. The molecule has 27 heavy (non-hydrogen) atoms. The summed E-state index contributed by atoms with van der Waals surface area (Å²) in [4.78, 5) is 16.8. The molecular weight excluding hydrogens is 344 g/mol. The van der Waals surface area contributed by atoms with E-state index >= 15 is 0 Å². The molecule has 6 heteroatoms. The molecule has 3 rings (SSSR count). The molecule has 0 aliphatic rings. The van der Waals surface area contributed by atoms with Gasteiger partial charge in [0.05, 0.1) is 26.3 Å². The lowest BCUT2D eigenvalue weighted by Crippen LogP contribution is -2.14. The summed E-state index contributed by atoms with van der Waals surface area (Å²) < 4.78 is 16.1. The van der Waals surface area contributed by atoms with E-state index in [0.717, 1.165) is 22.6 Å². The SMILES string of the molecule is COc1ccc(CC(=O)Nc2cccc(-c3nc(C)c(C)o3)c2)cc1OC. The molecule has 0 bridgehead atoms. The lowest BCUT2D eigenvalue weighted by atomic mass is 10.1. The number of benzene rings is 2. The molecule has 0 spiro atoms. The lowest BCUT2D eigenvalue weighted by molar-refractivity contribution is -0.115. The molecule has 1 N–H and O–H groups in total. The molecule has 1 amide bonds. The van der Waals surface area contributed by atoms with Gasteiger partial charge in [-0.3, -0.25) is 4.79 Å². The first-order chi connectivity index (χ1) is 13.0. The van der Waals surface area contributed by atoms with Crippen LogP contribution < -0.4 is 14.8 Å². The number of rotatable bonds is 6. The number of aromatic nitrogens is 1. The van der Waals surface area contributed by atoms with Crippen LogP contribution in [-0.2, 0) is 11.2 Å². The van der Waals surface area contributed by atoms with E-state index < -0.39 is 0 Å². The number of aryl methyl sites for hydroxylation is 2. The maximum absolute atomic E-state index is 12.4. The highest BCUT2D eigenvalue weighted by molar-refractivity contribution is 5.92. The van der Waals surface area contributed by atoms with Crippen molar-refractivity contribution in [1.82, 2.24) is 4.98 Å². The third kappa shape index (κ3) is 4.28. The van der Waals surface area contributed by atoms with Gasteiger partial charge in [-0.2, -0.15) is 0 Å². The summed E-state index contributed by atoms with van der Waals surface area (Å²) in [6.45, 7) is 3.78. The van der Waals surface area contributed by atoms with Gasteiger partial charge in [-0.1, -0.05) is 12.1 Å². The van der Waals surface area contributed by atoms with Gasteiger partial charge in [0.15, 0.2) is 11.5 Å². The molecule has 0 atom stereocenters. The fourth-order valence-electron chi connectivity index (χ4n) is 2.71. The molecule has 0 fully saturated rings. The molecule has 1 aromatic heterocycles. The Kier molecular flexibility index (Phi) is 5.45. The number of carbonyl (C=O) groups is 1. The molecule has 1 heterocycles. The van der Waals surface area contributed by atoms with Gasteiger partial charge in [-0.05, 0) is 49.7 Å². The zero-order chi connectivity index (χ0) is 19.4. The topological polar surface area (TPSA) is 73.6 Å². The largest absolute Gasteiger partial charge is 0.493 e. The van der Waals surface area contributed by atoms with Crippen LogP contribution in [0.25, 0.3) is 11.5 Å². The molecule has 0 aliphatic heterocycles. The molecular formula is C21H22N2O4. The Morgan fingerprint density at radius 2 is 1.85 bits per heavy atom. The summed E-state index contributed by atoms with van der Waals surface area (Å²) in [5.74, 6) is 2.43. The van der Waals surface area contributed by atoms with Gasteiger partial charge in [0.25, 0.3) is 0 Å². The van der Waals surface area contributed by atoms with Crippen molar-refractivity contribution in [3.63, 3.8) is 0 Å². The first kappa shape index (κ1) is 18.5. The number of nitrogens with zero attached hydrogens (tertiary/aromatic N) is 1. The fourth-order valence-corrected chi connectivity index (χ4v) is 2.71. The maximum Gasteiger partial charge on any atom is 0.228 e. The number of ether oxygens (including phenoxy) is 2. The Morgan fingerprint density at radius 1 is 1.07 bits per heavy atom. The summed E-state index contributed by atoms with van der Waals surface area (Å²) in [6, 6.07) is 12.9. The first-order valence-electron chi connectivity index (χ1n) is 8.55.